The highest BCUT2D eigenvalue weighted by Crippen LogP contribution is 2.30. The van der Waals surface area contributed by atoms with Crippen molar-refractivity contribution in [3.05, 3.63) is 48.5 Å². The van der Waals surface area contributed by atoms with Crippen LogP contribution in [0.4, 0.5) is 0 Å². The summed E-state index contributed by atoms with van der Waals surface area (Å²) in [7, 11) is -0.925. The number of methoxy groups -OCH3 is 1. The van der Waals surface area contributed by atoms with E-state index in [0.717, 1.165) is 4.31 Å². The molecule has 0 bridgehead atoms. The van der Waals surface area contributed by atoms with Gasteiger partial charge in [0.25, 0.3) is 0 Å². The molecule has 3 rings (SSSR count). The number of carbonyl (C=O) groups excluding carboxylic acids is 1. The van der Waals surface area contributed by atoms with E-state index in [1.165, 1.54) is 26.3 Å². The predicted molar refractivity (Wildman–Crippen MR) is 102 cm³/mol. The van der Waals surface area contributed by atoms with Crippen molar-refractivity contribution >= 4 is 15.9 Å². The summed E-state index contributed by atoms with van der Waals surface area (Å²) in [5.74, 6) is 1.40. The second kappa shape index (κ2) is 8.49. The van der Waals surface area contributed by atoms with E-state index in [4.69, 9.17) is 14.2 Å². The molecule has 1 atom stereocenters. The summed E-state index contributed by atoms with van der Waals surface area (Å²) in [4.78, 5) is 12.3. The van der Waals surface area contributed by atoms with Gasteiger partial charge in [-0.15, -0.1) is 0 Å². The first kappa shape index (κ1) is 20.0. The van der Waals surface area contributed by atoms with Crippen LogP contribution >= 0.6 is 0 Å². The molecule has 0 saturated carbocycles. The van der Waals surface area contributed by atoms with Gasteiger partial charge >= 0.3 is 0 Å². The van der Waals surface area contributed by atoms with Gasteiger partial charge in [0, 0.05) is 7.05 Å². The Morgan fingerprint density at radius 2 is 1.86 bits per heavy atom. The molecule has 2 aromatic rings. The molecule has 0 aromatic heterocycles. The van der Waals surface area contributed by atoms with Crippen molar-refractivity contribution in [3.8, 4) is 17.2 Å². The van der Waals surface area contributed by atoms with Crippen LogP contribution in [-0.4, -0.2) is 58.6 Å². The van der Waals surface area contributed by atoms with Gasteiger partial charge in [0.05, 0.1) is 25.1 Å². The fourth-order valence-electron chi connectivity index (χ4n) is 2.66. The molecular weight excluding hydrogens is 384 g/mol. The smallest absolute Gasteiger partial charge is 0.243 e. The van der Waals surface area contributed by atoms with Gasteiger partial charge in [0.1, 0.15) is 18.5 Å². The normalized spacial score (nSPS) is 15.9. The van der Waals surface area contributed by atoms with Gasteiger partial charge in [-0.2, -0.15) is 4.31 Å². The Labute approximate surface area is 164 Å². The largest absolute Gasteiger partial charge is 0.497 e. The van der Waals surface area contributed by atoms with Gasteiger partial charge in [-0.3, -0.25) is 4.79 Å². The topological polar surface area (TPSA) is 94.2 Å². The summed E-state index contributed by atoms with van der Waals surface area (Å²) in [5.41, 5.74) is 0. The summed E-state index contributed by atoms with van der Waals surface area (Å²) in [6.45, 7) is 0.208. The fourth-order valence-corrected chi connectivity index (χ4v) is 3.79. The highest BCUT2D eigenvalue weighted by molar-refractivity contribution is 7.89. The number of para-hydroxylation sites is 2. The summed E-state index contributed by atoms with van der Waals surface area (Å²) in [5, 5.41) is 2.69. The molecule has 0 saturated heterocycles. The van der Waals surface area contributed by atoms with Crippen LogP contribution in [0.1, 0.15) is 0 Å². The fraction of sp³-hybridized carbons (Fsp3) is 0.316. The van der Waals surface area contributed by atoms with Gasteiger partial charge in [-0.05, 0) is 36.4 Å². The van der Waals surface area contributed by atoms with Crippen LogP contribution in [0.15, 0.2) is 53.4 Å². The van der Waals surface area contributed by atoms with Crippen molar-refractivity contribution in [2.75, 3.05) is 33.9 Å². The first-order valence-corrected chi connectivity index (χ1v) is 10.1. The Morgan fingerprint density at radius 3 is 2.54 bits per heavy atom. The van der Waals surface area contributed by atoms with Crippen molar-refractivity contribution in [2.45, 2.75) is 11.0 Å². The molecule has 1 amide bonds. The maximum atomic E-state index is 12.6. The third-order valence-electron chi connectivity index (χ3n) is 4.23. The third kappa shape index (κ3) is 4.55. The first-order chi connectivity index (χ1) is 13.4. The number of likely N-dealkylation sites (N-methyl/N-ethyl adjacent to an activating group) is 1. The maximum Gasteiger partial charge on any atom is 0.243 e. The van der Waals surface area contributed by atoms with Gasteiger partial charge in [-0.1, -0.05) is 12.1 Å². The molecular formula is C19H22N2O6S. The van der Waals surface area contributed by atoms with Gasteiger partial charge in [0.15, 0.2) is 11.5 Å². The number of fused-ring (bicyclic) bond motifs is 1. The number of ether oxygens (including phenoxy) is 3. The molecule has 0 fully saturated rings. The summed E-state index contributed by atoms with van der Waals surface area (Å²) < 4.78 is 42.5. The lowest BCUT2D eigenvalue weighted by molar-refractivity contribution is -0.121. The molecule has 1 heterocycles. The highest BCUT2D eigenvalue weighted by Gasteiger charge is 2.25. The van der Waals surface area contributed by atoms with Crippen molar-refractivity contribution in [1.82, 2.24) is 9.62 Å². The quantitative estimate of drug-likeness (QED) is 0.744. The first-order valence-electron chi connectivity index (χ1n) is 8.65. The van der Waals surface area contributed by atoms with Crippen LogP contribution in [0, 0.1) is 0 Å². The Balaban J connectivity index is 1.52. The van der Waals surface area contributed by atoms with Crippen molar-refractivity contribution < 1.29 is 27.4 Å². The highest BCUT2D eigenvalue weighted by atomic mass is 32.2. The predicted octanol–water partition coefficient (Wildman–Crippen LogP) is 1.27. The van der Waals surface area contributed by atoms with Crippen molar-refractivity contribution in [3.63, 3.8) is 0 Å². The van der Waals surface area contributed by atoms with Gasteiger partial charge in [-0.25, -0.2) is 8.42 Å². The van der Waals surface area contributed by atoms with Gasteiger partial charge < -0.3 is 19.5 Å². The second-order valence-electron chi connectivity index (χ2n) is 6.24. The molecule has 28 heavy (non-hydrogen) atoms. The minimum absolute atomic E-state index is 0.0872. The van der Waals surface area contributed by atoms with E-state index in [1.54, 1.807) is 18.2 Å². The zero-order valence-electron chi connectivity index (χ0n) is 15.6. The zero-order chi connectivity index (χ0) is 20.1. The third-order valence-corrected chi connectivity index (χ3v) is 6.05. The lowest BCUT2D eigenvalue weighted by Gasteiger charge is -2.26. The zero-order valence-corrected chi connectivity index (χ0v) is 16.4. The monoisotopic (exact) mass is 406 g/mol. The number of carbonyl (C=O) groups is 1. The number of sulfonamides is 1. The van der Waals surface area contributed by atoms with Crippen LogP contribution in [-0.2, 0) is 14.8 Å². The Kier molecular flexibility index (Phi) is 6.05. The van der Waals surface area contributed by atoms with Crippen LogP contribution in [0.2, 0.25) is 0 Å². The minimum Gasteiger partial charge on any atom is -0.497 e. The minimum atomic E-state index is -3.78. The molecule has 9 heteroatoms. The van der Waals surface area contributed by atoms with E-state index in [2.05, 4.69) is 5.32 Å². The molecule has 1 aliphatic heterocycles. The lowest BCUT2D eigenvalue weighted by Crippen LogP contribution is -2.44. The number of benzene rings is 2. The van der Waals surface area contributed by atoms with Crippen LogP contribution in [0.3, 0.4) is 0 Å². The molecule has 1 aliphatic rings. The average molecular weight is 406 g/mol. The van der Waals surface area contributed by atoms with E-state index in [0.29, 0.717) is 23.9 Å². The number of nitrogens with zero attached hydrogens (tertiary/aromatic N) is 1. The van der Waals surface area contributed by atoms with Gasteiger partial charge in [0.2, 0.25) is 15.9 Å². The summed E-state index contributed by atoms with van der Waals surface area (Å²) >= 11 is 0. The average Bonchev–Trinajstić information content (AvgIpc) is 2.72. The number of hydrogen-bond acceptors (Lipinski definition) is 6. The number of nitrogens with one attached hydrogen (secondary N) is 1. The van der Waals surface area contributed by atoms with E-state index in [1.807, 2.05) is 18.2 Å². The second-order valence-corrected chi connectivity index (χ2v) is 8.28. The summed E-state index contributed by atoms with van der Waals surface area (Å²) in [6.07, 6.45) is -0.345. The molecule has 150 valence electrons. The Morgan fingerprint density at radius 1 is 1.18 bits per heavy atom. The molecule has 1 N–H and O–H groups in total. The van der Waals surface area contributed by atoms with Crippen molar-refractivity contribution in [2.24, 2.45) is 0 Å². The lowest BCUT2D eigenvalue weighted by atomic mass is 10.2. The van der Waals surface area contributed by atoms with E-state index < -0.39 is 15.9 Å². The maximum absolute atomic E-state index is 12.6. The van der Waals surface area contributed by atoms with Crippen LogP contribution in [0.5, 0.6) is 17.2 Å². The van der Waals surface area contributed by atoms with Crippen LogP contribution in [0.25, 0.3) is 0 Å². The summed E-state index contributed by atoms with van der Waals surface area (Å²) in [6, 6.07) is 13.3. The standard InChI is InChI=1S/C19H22N2O6S/c1-21(28(23,24)16-9-7-14(25-2)8-10-16)12-19(22)20-11-15-13-26-17-5-3-4-6-18(17)27-15/h3-10,15H,11-13H2,1-2H3,(H,20,22)/t15-/m1/s1. The number of hydrogen-bond donors (Lipinski definition) is 1. The Bertz CT molecular complexity index is 930. The molecule has 0 aliphatic carbocycles. The SMILES string of the molecule is COc1ccc(S(=O)(=O)N(C)CC(=O)NC[C@@H]2COc3ccccc3O2)cc1. The number of amides is 1. The van der Waals surface area contributed by atoms with Crippen LogP contribution < -0.4 is 19.5 Å². The molecule has 2 aromatic carbocycles. The molecule has 8 nitrogen and oxygen atoms in total. The van der Waals surface area contributed by atoms with E-state index in [-0.39, 0.29) is 24.1 Å². The van der Waals surface area contributed by atoms with E-state index >= 15 is 0 Å². The molecule has 0 spiro atoms. The number of rotatable bonds is 7. The molecule has 0 radical (unpaired) electrons. The van der Waals surface area contributed by atoms with E-state index in [9.17, 15) is 13.2 Å². The van der Waals surface area contributed by atoms with Crippen molar-refractivity contribution in [1.29, 1.82) is 0 Å². The molecule has 0 unspecified atom stereocenters. The Hall–Kier alpha value is -2.78.